The van der Waals surface area contributed by atoms with Gasteiger partial charge in [-0.15, -0.1) is 11.8 Å². The lowest BCUT2D eigenvalue weighted by molar-refractivity contribution is -0.136. The topological polar surface area (TPSA) is 66.4 Å². The zero-order valence-electron chi connectivity index (χ0n) is 11.6. The van der Waals surface area contributed by atoms with Crippen molar-refractivity contribution in [2.75, 3.05) is 5.75 Å². The van der Waals surface area contributed by atoms with Crippen LogP contribution in [0.3, 0.4) is 0 Å². The fraction of sp³-hybridized carbons (Fsp3) is 0.857. The molecule has 2 bridgehead atoms. The number of nitrogens with one attached hydrogen (secondary N) is 1. The maximum atomic E-state index is 11.8. The summed E-state index contributed by atoms with van der Waals surface area (Å²) in [6, 6.07) is 0.225. The van der Waals surface area contributed by atoms with E-state index >= 15 is 0 Å². The Labute approximate surface area is 118 Å². The van der Waals surface area contributed by atoms with Gasteiger partial charge in [0.15, 0.2) is 0 Å². The first-order valence-electron chi connectivity index (χ1n) is 7.11. The second-order valence-corrected chi connectivity index (χ2v) is 7.32. The summed E-state index contributed by atoms with van der Waals surface area (Å²) in [7, 11) is 0. The first-order chi connectivity index (χ1) is 8.97. The van der Waals surface area contributed by atoms with Crippen molar-refractivity contribution in [1.29, 1.82) is 0 Å². The zero-order chi connectivity index (χ0) is 14.0. The van der Waals surface area contributed by atoms with Gasteiger partial charge in [0, 0.05) is 6.04 Å². The molecule has 0 unspecified atom stereocenters. The van der Waals surface area contributed by atoms with Gasteiger partial charge in [-0.1, -0.05) is 6.42 Å². The molecule has 2 aliphatic carbocycles. The van der Waals surface area contributed by atoms with Gasteiger partial charge in [0.05, 0.1) is 11.0 Å². The van der Waals surface area contributed by atoms with E-state index in [-0.39, 0.29) is 17.7 Å². The molecule has 0 spiro atoms. The van der Waals surface area contributed by atoms with E-state index in [1.54, 1.807) is 6.92 Å². The first-order valence-corrected chi connectivity index (χ1v) is 8.16. The van der Waals surface area contributed by atoms with Crippen LogP contribution in [0.15, 0.2) is 0 Å². The highest BCUT2D eigenvalue weighted by Gasteiger charge is 2.42. The molecule has 0 heterocycles. The Bertz CT molecular complexity index is 361. The van der Waals surface area contributed by atoms with Crippen molar-refractivity contribution in [3.63, 3.8) is 0 Å². The van der Waals surface area contributed by atoms with Crippen molar-refractivity contribution in [3.05, 3.63) is 0 Å². The third-order valence-corrected chi connectivity index (χ3v) is 5.77. The molecule has 1 amide bonds. The molecule has 2 rings (SSSR count). The van der Waals surface area contributed by atoms with Gasteiger partial charge < -0.3 is 10.4 Å². The highest BCUT2D eigenvalue weighted by Crippen LogP contribution is 2.49. The van der Waals surface area contributed by atoms with Gasteiger partial charge in [-0.3, -0.25) is 9.59 Å². The summed E-state index contributed by atoms with van der Waals surface area (Å²) in [5.41, 5.74) is 0. The maximum absolute atomic E-state index is 11.8. The summed E-state index contributed by atoms with van der Waals surface area (Å²) >= 11 is 1.18. The third kappa shape index (κ3) is 3.65. The number of carboxylic acids is 1. The van der Waals surface area contributed by atoms with Crippen molar-refractivity contribution in [1.82, 2.24) is 5.32 Å². The normalized spacial score (nSPS) is 32.0. The average Bonchev–Trinajstić information content (AvgIpc) is 2.97. The number of hydrogen-bond donors (Lipinski definition) is 2. The lowest BCUT2D eigenvalue weighted by Crippen LogP contribution is -2.41. The van der Waals surface area contributed by atoms with Gasteiger partial charge in [-0.25, -0.2) is 0 Å². The molecule has 2 saturated carbocycles. The molecule has 2 fully saturated rings. The molecule has 2 aliphatic rings. The van der Waals surface area contributed by atoms with E-state index in [1.807, 2.05) is 0 Å². The highest BCUT2D eigenvalue weighted by molar-refractivity contribution is 8.01. The molecule has 0 aromatic heterocycles. The summed E-state index contributed by atoms with van der Waals surface area (Å²) in [5, 5.41) is 11.3. The third-order valence-electron chi connectivity index (χ3n) is 4.64. The SMILES string of the molecule is C[C@H](SCC(=O)N[C@H](C)[C@H]1C[C@@H]2CC[C@@H]1C2)C(=O)O. The van der Waals surface area contributed by atoms with E-state index in [0.29, 0.717) is 5.92 Å². The first kappa shape index (κ1) is 14.7. The second kappa shape index (κ2) is 6.16. The predicted molar refractivity (Wildman–Crippen MR) is 76.1 cm³/mol. The van der Waals surface area contributed by atoms with Crippen LogP contribution in [-0.2, 0) is 9.59 Å². The molecule has 2 N–H and O–H groups in total. The smallest absolute Gasteiger partial charge is 0.316 e. The van der Waals surface area contributed by atoms with E-state index in [0.717, 1.165) is 11.8 Å². The minimum atomic E-state index is -0.862. The summed E-state index contributed by atoms with van der Waals surface area (Å²) in [6.45, 7) is 3.70. The number of amides is 1. The Balaban J connectivity index is 1.71. The van der Waals surface area contributed by atoms with Gasteiger partial charge in [0.25, 0.3) is 0 Å². The molecular formula is C14H23NO3S. The fourth-order valence-electron chi connectivity index (χ4n) is 3.58. The van der Waals surface area contributed by atoms with Crippen LogP contribution in [0, 0.1) is 17.8 Å². The van der Waals surface area contributed by atoms with Crippen LogP contribution in [0.2, 0.25) is 0 Å². The molecule has 19 heavy (non-hydrogen) atoms. The Hall–Kier alpha value is -0.710. The molecule has 0 saturated heterocycles. The van der Waals surface area contributed by atoms with Crippen LogP contribution in [0.25, 0.3) is 0 Å². The molecule has 0 aromatic carbocycles. The van der Waals surface area contributed by atoms with Crippen LogP contribution >= 0.6 is 11.8 Å². The number of fused-ring (bicyclic) bond motifs is 2. The van der Waals surface area contributed by atoms with Gasteiger partial charge >= 0.3 is 5.97 Å². The van der Waals surface area contributed by atoms with Gasteiger partial charge in [0.1, 0.15) is 0 Å². The van der Waals surface area contributed by atoms with Crippen LogP contribution in [0.1, 0.15) is 39.5 Å². The second-order valence-electron chi connectivity index (χ2n) is 5.99. The number of carbonyl (C=O) groups is 2. The maximum Gasteiger partial charge on any atom is 0.316 e. The molecule has 0 aromatic rings. The number of rotatable bonds is 6. The van der Waals surface area contributed by atoms with Gasteiger partial charge in [0.2, 0.25) is 5.91 Å². The van der Waals surface area contributed by atoms with Crippen molar-refractivity contribution in [2.45, 2.75) is 50.8 Å². The van der Waals surface area contributed by atoms with E-state index in [2.05, 4.69) is 12.2 Å². The molecule has 0 aliphatic heterocycles. The van der Waals surface area contributed by atoms with Crippen molar-refractivity contribution >= 4 is 23.6 Å². The lowest BCUT2D eigenvalue weighted by atomic mass is 9.84. The predicted octanol–water partition coefficient (Wildman–Crippen LogP) is 2.13. The summed E-state index contributed by atoms with van der Waals surface area (Å²) in [5.74, 6) is 1.65. The molecule has 5 heteroatoms. The number of aliphatic carboxylic acids is 1. The van der Waals surface area contributed by atoms with E-state index < -0.39 is 11.2 Å². The quantitative estimate of drug-likeness (QED) is 0.784. The number of carboxylic acid groups (broad SMARTS) is 1. The number of carbonyl (C=O) groups excluding carboxylic acids is 1. The Morgan fingerprint density at radius 1 is 1.32 bits per heavy atom. The summed E-state index contributed by atoms with van der Waals surface area (Å²) < 4.78 is 0. The van der Waals surface area contributed by atoms with E-state index in [4.69, 9.17) is 5.11 Å². The van der Waals surface area contributed by atoms with E-state index in [9.17, 15) is 9.59 Å². The molecule has 4 nitrogen and oxygen atoms in total. The lowest BCUT2D eigenvalue weighted by Gasteiger charge is -2.28. The van der Waals surface area contributed by atoms with Crippen molar-refractivity contribution in [3.8, 4) is 0 Å². The Morgan fingerprint density at radius 3 is 2.58 bits per heavy atom. The summed E-state index contributed by atoms with van der Waals surface area (Å²) in [4.78, 5) is 22.5. The Kier molecular flexibility index (Phi) is 4.76. The number of hydrogen-bond acceptors (Lipinski definition) is 3. The molecule has 0 radical (unpaired) electrons. The highest BCUT2D eigenvalue weighted by atomic mass is 32.2. The van der Waals surface area contributed by atoms with Gasteiger partial charge in [-0.05, 0) is 50.9 Å². The minimum Gasteiger partial charge on any atom is -0.480 e. The molecule has 108 valence electrons. The van der Waals surface area contributed by atoms with Gasteiger partial charge in [-0.2, -0.15) is 0 Å². The van der Waals surface area contributed by atoms with Crippen LogP contribution < -0.4 is 5.32 Å². The minimum absolute atomic E-state index is 0.0339. The van der Waals surface area contributed by atoms with Crippen LogP contribution in [0.4, 0.5) is 0 Å². The van der Waals surface area contributed by atoms with Crippen LogP contribution in [-0.4, -0.2) is 34.0 Å². The Morgan fingerprint density at radius 2 is 2.05 bits per heavy atom. The number of thioether (sulfide) groups is 1. The van der Waals surface area contributed by atoms with Crippen molar-refractivity contribution < 1.29 is 14.7 Å². The standard InChI is InChI=1S/C14H23NO3S/c1-8(12-6-10-3-4-11(12)5-10)15-13(16)7-19-9(2)14(17)18/h8-12H,3-7H2,1-2H3,(H,15,16)(H,17,18)/t8-,9+,10-,11-,12-/m1/s1. The molecule has 5 atom stereocenters. The molecular weight excluding hydrogens is 262 g/mol. The largest absolute Gasteiger partial charge is 0.480 e. The fourth-order valence-corrected chi connectivity index (χ4v) is 4.21. The average molecular weight is 285 g/mol. The monoisotopic (exact) mass is 285 g/mol. The van der Waals surface area contributed by atoms with Crippen LogP contribution in [0.5, 0.6) is 0 Å². The zero-order valence-corrected chi connectivity index (χ0v) is 12.4. The van der Waals surface area contributed by atoms with Crippen molar-refractivity contribution in [2.24, 2.45) is 17.8 Å². The summed E-state index contributed by atoms with van der Waals surface area (Å²) in [6.07, 6.45) is 5.29. The van der Waals surface area contributed by atoms with E-state index in [1.165, 1.54) is 37.4 Å².